The number of ether oxygens (including phenoxy) is 2. The van der Waals surface area contributed by atoms with Gasteiger partial charge in [0.05, 0.1) is 25.4 Å². The summed E-state index contributed by atoms with van der Waals surface area (Å²) in [5, 5.41) is 12.7. The lowest BCUT2D eigenvalue weighted by Crippen LogP contribution is -2.57. The lowest BCUT2D eigenvalue weighted by atomic mass is 10.2. The van der Waals surface area contributed by atoms with Gasteiger partial charge in [0.2, 0.25) is 5.88 Å². The highest BCUT2D eigenvalue weighted by Gasteiger charge is 2.38. The number of nitrogens with zero attached hydrogens (tertiary/aromatic N) is 3. The van der Waals surface area contributed by atoms with Crippen LogP contribution in [-0.2, 0) is 17.5 Å². The summed E-state index contributed by atoms with van der Waals surface area (Å²) in [6.45, 7) is 5.46. The van der Waals surface area contributed by atoms with Crippen molar-refractivity contribution in [1.29, 1.82) is 0 Å². The van der Waals surface area contributed by atoms with Crippen LogP contribution in [0.3, 0.4) is 0 Å². The molecule has 0 radical (unpaired) electrons. The maximum atomic E-state index is 13.1. The summed E-state index contributed by atoms with van der Waals surface area (Å²) in [6.07, 6.45) is -5.60. The minimum atomic E-state index is -4.63. The summed E-state index contributed by atoms with van der Waals surface area (Å²) < 4.78 is 51.4. The number of hydrogen-bond acceptors (Lipinski definition) is 5. The molecule has 0 saturated carbocycles. The van der Waals surface area contributed by atoms with E-state index in [4.69, 9.17) is 14.6 Å². The lowest BCUT2D eigenvalue weighted by molar-refractivity contribution is -0.141. The molecular weight excluding hydrogens is 391 g/mol. The van der Waals surface area contributed by atoms with Crippen LogP contribution in [0, 0.1) is 0 Å². The van der Waals surface area contributed by atoms with E-state index in [2.05, 4.69) is 5.10 Å². The van der Waals surface area contributed by atoms with Crippen LogP contribution in [0.4, 0.5) is 18.0 Å². The first kappa shape index (κ1) is 21.0. The molecule has 1 saturated heterocycles. The van der Waals surface area contributed by atoms with E-state index in [1.165, 1.54) is 4.90 Å². The summed E-state index contributed by atoms with van der Waals surface area (Å²) in [4.78, 5) is 13.4. The molecule has 29 heavy (non-hydrogen) atoms. The van der Waals surface area contributed by atoms with Gasteiger partial charge >= 0.3 is 12.3 Å². The minimum absolute atomic E-state index is 0.0806. The second-order valence-corrected chi connectivity index (χ2v) is 7.73. The van der Waals surface area contributed by atoms with Crippen LogP contribution < -0.4 is 4.74 Å². The molecule has 1 aliphatic heterocycles. The molecule has 1 aromatic heterocycles. The van der Waals surface area contributed by atoms with Crippen LogP contribution in [0.25, 0.3) is 5.69 Å². The van der Waals surface area contributed by atoms with Gasteiger partial charge in [-0.1, -0.05) is 12.1 Å². The first-order valence-electron chi connectivity index (χ1n) is 8.98. The van der Waals surface area contributed by atoms with Crippen molar-refractivity contribution in [3.8, 4) is 11.6 Å². The van der Waals surface area contributed by atoms with E-state index in [0.29, 0.717) is 11.3 Å². The van der Waals surface area contributed by atoms with Crippen molar-refractivity contribution in [3.05, 3.63) is 41.6 Å². The second kappa shape index (κ2) is 7.58. The second-order valence-electron chi connectivity index (χ2n) is 7.73. The molecule has 1 fully saturated rings. The van der Waals surface area contributed by atoms with E-state index in [1.54, 1.807) is 45.0 Å². The molecule has 0 spiro atoms. The zero-order chi connectivity index (χ0) is 21.4. The van der Waals surface area contributed by atoms with Crippen molar-refractivity contribution in [3.63, 3.8) is 0 Å². The third-order valence-corrected chi connectivity index (χ3v) is 4.12. The Morgan fingerprint density at radius 1 is 1.21 bits per heavy atom. The standard InChI is InChI=1S/C19H22F3N3O4/c1-18(2,3)29-17(27)24-9-14(10-24)28-16-8-15(19(20,21)22)23-25(16)13-6-4-12(11-26)5-7-13/h4-8,14,26H,9-11H2,1-3H3. The number of amides is 1. The van der Waals surface area contributed by atoms with Crippen molar-refractivity contribution in [2.75, 3.05) is 13.1 Å². The quantitative estimate of drug-likeness (QED) is 0.832. The molecule has 1 aromatic carbocycles. The van der Waals surface area contributed by atoms with E-state index < -0.39 is 29.7 Å². The number of alkyl halides is 3. The number of rotatable bonds is 4. The van der Waals surface area contributed by atoms with E-state index in [-0.39, 0.29) is 25.6 Å². The molecule has 2 aromatic rings. The molecule has 1 amide bonds. The van der Waals surface area contributed by atoms with Gasteiger partial charge in [-0.15, -0.1) is 0 Å². The topological polar surface area (TPSA) is 76.8 Å². The Bertz CT molecular complexity index is 866. The van der Waals surface area contributed by atoms with Gasteiger partial charge in [-0.05, 0) is 38.5 Å². The molecule has 7 nitrogen and oxygen atoms in total. The number of aliphatic hydroxyl groups excluding tert-OH is 1. The van der Waals surface area contributed by atoms with Crippen molar-refractivity contribution in [1.82, 2.24) is 14.7 Å². The summed E-state index contributed by atoms with van der Waals surface area (Å²) in [7, 11) is 0. The molecule has 1 aliphatic rings. The van der Waals surface area contributed by atoms with Crippen LogP contribution in [0.2, 0.25) is 0 Å². The molecule has 0 atom stereocenters. The van der Waals surface area contributed by atoms with Crippen molar-refractivity contribution in [2.45, 2.75) is 45.3 Å². The smallest absolute Gasteiger partial charge is 0.435 e. The van der Waals surface area contributed by atoms with Gasteiger partial charge in [0.25, 0.3) is 0 Å². The third-order valence-electron chi connectivity index (χ3n) is 4.12. The van der Waals surface area contributed by atoms with Gasteiger partial charge in [-0.3, -0.25) is 0 Å². The molecule has 10 heteroatoms. The molecule has 158 valence electrons. The number of halogens is 3. The van der Waals surface area contributed by atoms with E-state index in [1.807, 2.05) is 0 Å². The minimum Gasteiger partial charge on any atom is -0.470 e. The Morgan fingerprint density at radius 3 is 2.34 bits per heavy atom. The van der Waals surface area contributed by atoms with E-state index in [0.717, 1.165) is 10.7 Å². The molecule has 1 N–H and O–H groups in total. The first-order chi connectivity index (χ1) is 13.5. The molecule has 3 rings (SSSR count). The average Bonchev–Trinajstić information content (AvgIpc) is 3.00. The zero-order valence-electron chi connectivity index (χ0n) is 16.2. The molecular formula is C19H22F3N3O4. The number of aliphatic hydroxyl groups is 1. The van der Waals surface area contributed by atoms with Crippen LogP contribution >= 0.6 is 0 Å². The van der Waals surface area contributed by atoms with Gasteiger partial charge in [-0.2, -0.15) is 18.3 Å². The number of carbonyl (C=O) groups excluding carboxylic acids is 1. The van der Waals surface area contributed by atoms with Crippen LogP contribution in [0.5, 0.6) is 5.88 Å². The number of carbonyl (C=O) groups is 1. The normalized spacial score (nSPS) is 15.2. The Labute approximate surface area is 165 Å². The van der Waals surface area contributed by atoms with Gasteiger partial charge in [-0.25, -0.2) is 9.48 Å². The van der Waals surface area contributed by atoms with Gasteiger partial charge in [0.15, 0.2) is 5.69 Å². The Balaban J connectivity index is 1.75. The maximum absolute atomic E-state index is 13.1. The Morgan fingerprint density at radius 2 is 1.83 bits per heavy atom. The first-order valence-corrected chi connectivity index (χ1v) is 8.98. The van der Waals surface area contributed by atoms with Crippen LogP contribution in [0.1, 0.15) is 32.0 Å². The lowest BCUT2D eigenvalue weighted by Gasteiger charge is -2.39. The summed E-state index contributed by atoms with van der Waals surface area (Å²) in [5.41, 5.74) is -0.742. The fraction of sp³-hybridized carbons (Fsp3) is 0.474. The van der Waals surface area contributed by atoms with Crippen LogP contribution in [0.15, 0.2) is 30.3 Å². The fourth-order valence-corrected chi connectivity index (χ4v) is 2.67. The Hall–Kier alpha value is -2.75. The highest BCUT2D eigenvalue weighted by molar-refractivity contribution is 5.69. The predicted octanol–water partition coefficient (Wildman–Crippen LogP) is 3.38. The van der Waals surface area contributed by atoms with E-state index >= 15 is 0 Å². The SMILES string of the molecule is CC(C)(C)OC(=O)N1CC(Oc2cc(C(F)(F)F)nn2-c2ccc(CO)cc2)C1. The highest BCUT2D eigenvalue weighted by Crippen LogP contribution is 2.33. The van der Waals surface area contributed by atoms with Crippen LogP contribution in [-0.4, -0.2) is 50.7 Å². The van der Waals surface area contributed by atoms with Crippen molar-refractivity contribution < 1.29 is 32.5 Å². The van der Waals surface area contributed by atoms with Gasteiger partial charge < -0.3 is 19.5 Å². The highest BCUT2D eigenvalue weighted by atomic mass is 19.4. The molecule has 0 aliphatic carbocycles. The van der Waals surface area contributed by atoms with Crippen molar-refractivity contribution in [2.24, 2.45) is 0 Å². The Kier molecular flexibility index (Phi) is 5.48. The number of aromatic nitrogens is 2. The zero-order valence-corrected chi connectivity index (χ0v) is 16.2. The number of likely N-dealkylation sites (tertiary alicyclic amines) is 1. The van der Waals surface area contributed by atoms with Gasteiger partial charge in [0, 0.05) is 6.07 Å². The number of hydrogen-bond donors (Lipinski definition) is 1. The molecule has 0 bridgehead atoms. The summed E-state index contributed by atoms with van der Waals surface area (Å²) in [5.74, 6) is -0.0806. The monoisotopic (exact) mass is 413 g/mol. The number of benzene rings is 1. The summed E-state index contributed by atoms with van der Waals surface area (Å²) in [6, 6.07) is 7.08. The maximum Gasteiger partial charge on any atom is 0.435 e. The van der Waals surface area contributed by atoms with E-state index in [9.17, 15) is 18.0 Å². The average molecular weight is 413 g/mol. The predicted molar refractivity (Wildman–Crippen MR) is 96.7 cm³/mol. The molecule has 2 heterocycles. The summed E-state index contributed by atoms with van der Waals surface area (Å²) >= 11 is 0. The third kappa shape index (κ3) is 5.00. The van der Waals surface area contributed by atoms with Gasteiger partial charge in [0.1, 0.15) is 11.7 Å². The fourth-order valence-electron chi connectivity index (χ4n) is 2.67. The largest absolute Gasteiger partial charge is 0.470 e. The van der Waals surface area contributed by atoms with Crippen molar-refractivity contribution >= 4 is 6.09 Å². The molecule has 0 unspecified atom stereocenters.